The van der Waals surface area contributed by atoms with Gasteiger partial charge in [-0.2, -0.15) is 0 Å². The van der Waals surface area contributed by atoms with Gasteiger partial charge in [0.1, 0.15) is 0 Å². The molecule has 0 nitrogen and oxygen atoms in total. The Morgan fingerprint density at radius 3 is 1.65 bits per heavy atom. The molecule has 0 aliphatic rings. The summed E-state index contributed by atoms with van der Waals surface area (Å²) in [6.07, 6.45) is 1.24. The molecule has 3 rings (SSSR count). The van der Waals surface area contributed by atoms with Crippen LogP contribution >= 0.6 is 0 Å². The van der Waals surface area contributed by atoms with E-state index >= 15 is 0 Å². The van der Waals surface area contributed by atoms with Crippen LogP contribution in [0, 0.1) is 0 Å². The average Bonchev–Trinajstić information content (AvgIpc) is 2.62. The van der Waals surface area contributed by atoms with Crippen molar-refractivity contribution in [2.24, 2.45) is 0 Å². The highest BCUT2D eigenvalue weighted by atomic mass is 28.3. The third-order valence-electron chi connectivity index (χ3n) is 6.04. The lowest BCUT2D eigenvalue weighted by molar-refractivity contribution is 1.03. The van der Waals surface area contributed by atoms with Crippen LogP contribution in [0.25, 0.3) is 21.5 Å². The summed E-state index contributed by atoms with van der Waals surface area (Å²) in [6, 6.07) is 25.9. The van der Waals surface area contributed by atoms with Crippen LogP contribution in [0.15, 0.2) is 54.6 Å². The minimum Gasteiger partial charge on any atom is -0.0678 e. The fourth-order valence-corrected chi connectivity index (χ4v) is 7.39. The van der Waals surface area contributed by atoms with Gasteiger partial charge in [0, 0.05) is 0 Å². The maximum atomic E-state index is 2.42. The molecule has 0 saturated carbocycles. The molecule has 3 aromatic carbocycles. The standard InChI is InChI=1S/C22H28Si/c1-4-23(5-2,6-3)16-15-22-20-13-9-7-11-18(20)17-19-12-8-10-14-21(19)22/h7-14,17H,4-6,15-16H2,1-3H3. The van der Waals surface area contributed by atoms with E-state index in [0.29, 0.717) is 0 Å². The fourth-order valence-electron chi connectivity index (χ4n) is 4.05. The van der Waals surface area contributed by atoms with E-state index in [1.807, 2.05) is 0 Å². The third-order valence-corrected chi connectivity index (χ3v) is 11.8. The van der Waals surface area contributed by atoms with Gasteiger partial charge in [0.15, 0.2) is 0 Å². The van der Waals surface area contributed by atoms with E-state index in [0.717, 1.165) is 0 Å². The summed E-state index contributed by atoms with van der Waals surface area (Å²) >= 11 is 0. The average molecular weight is 321 g/mol. The van der Waals surface area contributed by atoms with Gasteiger partial charge in [-0.25, -0.2) is 0 Å². The lowest BCUT2D eigenvalue weighted by Crippen LogP contribution is -2.31. The van der Waals surface area contributed by atoms with Crippen molar-refractivity contribution < 1.29 is 0 Å². The second-order valence-corrected chi connectivity index (χ2v) is 12.5. The smallest absolute Gasteiger partial charge is 0.0530 e. The Morgan fingerprint density at radius 2 is 1.17 bits per heavy atom. The van der Waals surface area contributed by atoms with Crippen LogP contribution in [-0.2, 0) is 6.42 Å². The molecule has 0 bridgehead atoms. The number of rotatable bonds is 6. The molecule has 0 aliphatic carbocycles. The second-order valence-electron chi connectivity index (χ2n) is 6.86. The zero-order valence-electron chi connectivity index (χ0n) is 14.7. The number of hydrogen-bond acceptors (Lipinski definition) is 0. The van der Waals surface area contributed by atoms with Gasteiger partial charge in [-0.1, -0.05) is 93.5 Å². The van der Waals surface area contributed by atoms with E-state index in [4.69, 9.17) is 0 Å². The van der Waals surface area contributed by atoms with Crippen LogP contribution in [0.2, 0.25) is 24.2 Å². The SMILES string of the molecule is CC[Si](CC)(CC)CCc1c2ccccc2cc2ccccc12. The van der Waals surface area contributed by atoms with Gasteiger partial charge in [-0.3, -0.25) is 0 Å². The number of hydrogen-bond donors (Lipinski definition) is 0. The Hall–Kier alpha value is -1.60. The summed E-state index contributed by atoms with van der Waals surface area (Å²) in [6.45, 7) is 7.25. The summed E-state index contributed by atoms with van der Waals surface area (Å²) < 4.78 is 0. The van der Waals surface area contributed by atoms with E-state index in [1.54, 1.807) is 5.56 Å². The summed E-state index contributed by atoms with van der Waals surface area (Å²) in [4.78, 5) is 0. The lowest BCUT2D eigenvalue weighted by atomic mass is 9.95. The highest BCUT2D eigenvalue weighted by Gasteiger charge is 2.26. The topological polar surface area (TPSA) is 0 Å². The summed E-state index contributed by atoms with van der Waals surface area (Å²) in [5.41, 5.74) is 1.57. The van der Waals surface area contributed by atoms with Crippen LogP contribution in [-0.4, -0.2) is 8.07 Å². The molecule has 120 valence electrons. The largest absolute Gasteiger partial charge is 0.0678 e. The van der Waals surface area contributed by atoms with Crippen LogP contribution in [0.4, 0.5) is 0 Å². The van der Waals surface area contributed by atoms with Crippen molar-refractivity contribution >= 4 is 29.6 Å². The molecule has 1 heteroatoms. The van der Waals surface area contributed by atoms with Gasteiger partial charge < -0.3 is 0 Å². The minimum absolute atomic E-state index is 1.07. The monoisotopic (exact) mass is 320 g/mol. The predicted molar refractivity (Wildman–Crippen MR) is 107 cm³/mol. The van der Waals surface area contributed by atoms with E-state index in [9.17, 15) is 0 Å². The molecule has 0 fully saturated rings. The van der Waals surface area contributed by atoms with E-state index < -0.39 is 8.07 Å². The van der Waals surface area contributed by atoms with Crippen LogP contribution in [0.3, 0.4) is 0 Å². The summed E-state index contributed by atoms with van der Waals surface area (Å²) in [7, 11) is -1.07. The molecule has 0 aliphatic heterocycles. The van der Waals surface area contributed by atoms with E-state index in [-0.39, 0.29) is 0 Å². The second kappa shape index (κ2) is 6.88. The summed E-state index contributed by atoms with van der Waals surface area (Å²) in [5, 5.41) is 5.69. The molecule has 0 aromatic heterocycles. The molecule has 0 unspecified atom stereocenters. The van der Waals surface area contributed by atoms with Gasteiger partial charge in [0.2, 0.25) is 0 Å². The van der Waals surface area contributed by atoms with Crippen LogP contribution < -0.4 is 0 Å². The van der Waals surface area contributed by atoms with E-state index in [1.165, 1.54) is 52.1 Å². The highest BCUT2D eigenvalue weighted by molar-refractivity contribution is 6.79. The molecule has 0 heterocycles. The van der Waals surface area contributed by atoms with Crippen molar-refractivity contribution in [2.45, 2.75) is 51.4 Å². The molecular weight excluding hydrogens is 292 g/mol. The third kappa shape index (κ3) is 3.07. The maximum absolute atomic E-state index is 2.42. The van der Waals surface area contributed by atoms with Crippen molar-refractivity contribution in [3.8, 4) is 0 Å². The number of aryl methyl sites for hydroxylation is 1. The Bertz CT molecular complexity index is 737. The first-order valence-electron chi connectivity index (χ1n) is 9.12. The molecule has 0 radical (unpaired) electrons. The van der Waals surface area contributed by atoms with Crippen molar-refractivity contribution in [3.05, 3.63) is 60.2 Å². The minimum atomic E-state index is -1.07. The Balaban J connectivity index is 2.10. The van der Waals surface area contributed by atoms with Gasteiger partial charge in [0.05, 0.1) is 8.07 Å². The Morgan fingerprint density at radius 1 is 0.696 bits per heavy atom. The zero-order chi connectivity index (χ0) is 16.3. The molecule has 0 spiro atoms. The molecule has 23 heavy (non-hydrogen) atoms. The van der Waals surface area contributed by atoms with E-state index in [2.05, 4.69) is 75.4 Å². The molecular formula is C22H28Si. The molecule has 0 atom stereocenters. The zero-order valence-corrected chi connectivity index (χ0v) is 15.7. The van der Waals surface area contributed by atoms with Gasteiger partial charge >= 0.3 is 0 Å². The first kappa shape index (κ1) is 16.3. The maximum Gasteiger partial charge on any atom is 0.0530 e. The summed E-state index contributed by atoms with van der Waals surface area (Å²) in [5.74, 6) is 0. The van der Waals surface area contributed by atoms with Gasteiger partial charge in [-0.15, -0.1) is 0 Å². The Kier molecular flexibility index (Phi) is 4.86. The van der Waals surface area contributed by atoms with Crippen molar-refractivity contribution in [1.29, 1.82) is 0 Å². The molecule has 0 amide bonds. The van der Waals surface area contributed by atoms with Crippen molar-refractivity contribution in [2.75, 3.05) is 0 Å². The van der Waals surface area contributed by atoms with Gasteiger partial charge in [0.25, 0.3) is 0 Å². The fraction of sp³-hybridized carbons (Fsp3) is 0.364. The molecule has 0 saturated heterocycles. The molecule has 3 aromatic rings. The molecule has 0 N–H and O–H groups in total. The van der Waals surface area contributed by atoms with Crippen LogP contribution in [0.5, 0.6) is 0 Å². The number of benzene rings is 3. The highest BCUT2D eigenvalue weighted by Crippen LogP contribution is 2.33. The normalized spacial score (nSPS) is 12.1. The van der Waals surface area contributed by atoms with Crippen molar-refractivity contribution in [1.82, 2.24) is 0 Å². The number of fused-ring (bicyclic) bond motifs is 2. The Labute approximate surface area is 141 Å². The first-order valence-corrected chi connectivity index (χ1v) is 11.9. The van der Waals surface area contributed by atoms with Crippen molar-refractivity contribution in [3.63, 3.8) is 0 Å². The first-order chi connectivity index (χ1) is 11.2. The predicted octanol–water partition coefficient (Wildman–Crippen LogP) is 7.04. The van der Waals surface area contributed by atoms with Crippen LogP contribution in [0.1, 0.15) is 26.3 Å². The van der Waals surface area contributed by atoms with Gasteiger partial charge in [-0.05, 0) is 39.6 Å². The quantitative estimate of drug-likeness (QED) is 0.337. The lowest BCUT2D eigenvalue weighted by Gasteiger charge is -2.28.